The minimum Gasteiger partial charge on any atom is -0.459 e. The molecular weight excluding hydrogens is 584 g/mol. The summed E-state index contributed by atoms with van der Waals surface area (Å²) < 4.78 is 44.0. The second-order valence-electron chi connectivity index (χ2n) is 14.3. The maximum Gasteiger partial charge on any atom is 0.370 e. The molecule has 4 rings (SSSR count). The van der Waals surface area contributed by atoms with Crippen LogP contribution in [0.15, 0.2) is 12.2 Å². The van der Waals surface area contributed by atoms with Gasteiger partial charge in [-0.25, -0.2) is 4.79 Å². The van der Waals surface area contributed by atoms with Gasteiger partial charge in [-0.1, -0.05) is 76.9 Å². The molecule has 6 atom stereocenters. The summed E-state index contributed by atoms with van der Waals surface area (Å²) in [5.41, 5.74) is 0. The molecule has 0 N–H and O–H groups in total. The number of hydrogen-bond acceptors (Lipinski definition) is 8. The van der Waals surface area contributed by atoms with E-state index >= 15 is 0 Å². The molecule has 0 amide bonds. The fraction of sp³-hybridized carbons (Fsp3) is 0.921. The summed E-state index contributed by atoms with van der Waals surface area (Å²) in [5.74, 6) is -0.901. The molecule has 1 aliphatic carbocycles. The number of esters is 1. The third-order valence-electron chi connectivity index (χ3n) is 10.1. The Morgan fingerprint density at radius 1 is 0.717 bits per heavy atom. The van der Waals surface area contributed by atoms with Gasteiger partial charge in [0.2, 0.25) is 0 Å². The van der Waals surface area contributed by atoms with Gasteiger partial charge in [-0.15, -0.1) is 0 Å². The highest BCUT2D eigenvalue weighted by Gasteiger charge is 2.55. The summed E-state index contributed by atoms with van der Waals surface area (Å²) in [5, 5.41) is 0. The molecule has 4 fully saturated rings. The van der Waals surface area contributed by atoms with E-state index in [4.69, 9.17) is 33.2 Å². The van der Waals surface area contributed by atoms with Gasteiger partial charge in [0, 0.05) is 19.8 Å². The molecular formula is C38H66O8. The molecule has 3 saturated heterocycles. The molecule has 4 unspecified atom stereocenters. The number of hydrogen-bond donors (Lipinski definition) is 0. The van der Waals surface area contributed by atoms with E-state index in [0.717, 1.165) is 63.2 Å². The van der Waals surface area contributed by atoms with Crippen LogP contribution < -0.4 is 0 Å². The fourth-order valence-corrected chi connectivity index (χ4v) is 7.49. The van der Waals surface area contributed by atoms with Crippen molar-refractivity contribution >= 4 is 5.97 Å². The van der Waals surface area contributed by atoms with Crippen molar-refractivity contribution in [2.75, 3.05) is 19.8 Å². The van der Waals surface area contributed by atoms with Crippen LogP contribution in [0.4, 0.5) is 0 Å². The molecule has 0 aromatic carbocycles. The van der Waals surface area contributed by atoms with Gasteiger partial charge in [0.25, 0.3) is 0 Å². The van der Waals surface area contributed by atoms with Crippen LogP contribution in [-0.4, -0.2) is 62.7 Å². The van der Waals surface area contributed by atoms with Gasteiger partial charge in [0.1, 0.15) is 6.10 Å². The molecule has 1 saturated carbocycles. The van der Waals surface area contributed by atoms with Gasteiger partial charge in [-0.3, -0.25) is 0 Å². The molecule has 8 heteroatoms. The summed E-state index contributed by atoms with van der Waals surface area (Å²) in [6.07, 6.45) is 24.6. The largest absolute Gasteiger partial charge is 0.459 e. The predicted molar refractivity (Wildman–Crippen MR) is 179 cm³/mol. The van der Waals surface area contributed by atoms with Gasteiger partial charge in [0.15, 0.2) is 18.9 Å². The van der Waals surface area contributed by atoms with Crippen LogP contribution in [0.5, 0.6) is 0 Å². The highest BCUT2D eigenvalue weighted by molar-refractivity contribution is 5.79. The van der Waals surface area contributed by atoms with Crippen molar-refractivity contribution in [2.24, 2.45) is 11.8 Å². The molecule has 0 aromatic heterocycles. The standard InChI is InChI=1S/C38H66O8/c1-4-5-6-7-8-9-19-31-21-18-22-32(31)20-10-11-23-33(44-34-24-12-15-27-40-34)38(37(39)43-30(2)3,45-35-25-13-16-28-41-35)46-36-26-14-17-29-42-36/h10-11,30-36H,4-9,12-29H2,1-3H3/t31-,32-,33?,34?,35?,36?,38?/m0/s1. The summed E-state index contributed by atoms with van der Waals surface area (Å²) in [6, 6.07) is 0. The van der Waals surface area contributed by atoms with Crippen molar-refractivity contribution in [3.8, 4) is 0 Å². The predicted octanol–water partition coefficient (Wildman–Crippen LogP) is 9.14. The van der Waals surface area contributed by atoms with Crippen LogP contribution in [-0.2, 0) is 38.0 Å². The highest BCUT2D eigenvalue weighted by atomic mass is 16.8. The Morgan fingerprint density at radius 3 is 1.89 bits per heavy atom. The first-order valence-corrected chi connectivity index (χ1v) is 19.2. The molecule has 266 valence electrons. The Kier molecular flexibility index (Phi) is 17.4. The highest BCUT2D eigenvalue weighted by Crippen LogP contribution is 2.39. The third kappa shape index (κ3) is 12.5. The van der Waals surface area contributed by atoms with Gasteiger partial charge in [-0.05, 0) is 103 Å². The zero-order chi connectivity index (χ0) is 32.5. The van der Waals surface area contributed by atoms with E-state index in [1.807, 2.05) is 13.8 Å². The Morgan fingerprint density at radius 2 is 1.30 bits per heavy atom. The van der Waals surface area contributed by atoms with Crippen molar-refractivity contribution in [3.05, 3.63) is 12.2 Å². The number of rotatable bonds is 20. The topological polar surface area (TPSA) is 81.7 Å². The first-order chi connectivity index (χ1) is 22.5. The number of ether oxygens (including phenoxy) is 7. The van der Waals surface area contributed by atoms with Crippen molar-refractivity contribution < 1.29 is 38.0 Å². The van der Waals surface area contributed by atoms with E-state index in [1.54, 1.807) is 0 Å². The van der Waals surface area contributed by atoms with Gasteiger partial charge >= 0.3 is 11.8 Å². The van der Waals surface area contributed by atoms with E-state index in [2.05, 4.69) is 19.1 Å². The lowest BCUT2D eigenvalue weighted by Crippen LogP contribution is -2.61. The molecule has 8 nitrogen and oxygen atoms in total. The first kappa shape index (κ1) is 37.8. The summed E-state index contributed by atoms with van der Waals surface area (Å²) in [6.45, 7) is 7.77. The molecule has 0 radical (unpaired) electrons. The summed E-state index contributed by atoms with van der Waals surface area (Å²) in [4.78, 5) is 14.2. The lowest BCUT2D eigenvalue weighted by atomic mass is 9.88. The Hall–Kier alpha value is -1.03. The van der Waals surface area contributed by atoms with Gasteiger partial charge < -0.3 is 33.2 Å². The average Bonchev–Trinajstić information content (AvgIpc) is 3.52. The smallest absolute Gasteiger partial charge is 0.370 e. The molecule has 4 aliphatic rings. The number of carbonyl (C=O) groups excluding carboxylic acids is 1. The quantitative estimate of drug-likeness (QED) is 0.0559. The van der Waals surface area contributed by atoms with E-state index in [0.29, 0.717) is 39.1 Å². The van der Waals surface area contributed by atoms with Crippen LogP contribution in [0, 0.1) is 11.8 Å². The van der Waals surface area contributed by atoms with Gasteiger partial charge in [0.05, 0.1) is 6.10 Å². The van der Waals surface area contributed by atoms with Crippen molar-refractivity contribution in [1.82, 2.24) is 0 Å². The molecule has 0 spiro atoms. The number of allylic oxidation sites excluding steroid dienone is 1. The summed E-state index contributed by atoms with van der Waals surface area (Å²) >= 11 is 0. The van der Waals surface area contributed by atoms with Crippen molar-refractivity contribution in [2.45, 2.75) is 192 Å². The second kappa shape index (κ2) is 21.1. The van der Waals surface area contributed by atoms with E-state index in [-0.39, 0.29) is 6.10 Å². The zero-order valence-electron chi connectivity index (χ0n) is 29.4. The monoisotopic (exact) mass is 650 g/mol. The fourth-order valence-electron chi connectivity index (χ4n) is 7.49. The van der Waals surface area contributed by atoms with Crippen LogP contribution in [0.3, 0.4) is 0 Å². The Bertz CT molecular complexity index is 824. The molecule has 0 bridgehead atoms. The first-order valence-electron chi connectivity index (χ1n) is 19.2. The van der Waals surface area contributed by atoms with Crippen molar-refractivity contribution in [1.29, 1.82) is 0 Å². The Labute approximate surface area is 279 Å². The summed E-state index contributed by atoms with van der Waals surface area (Å²) in [7, 11) is 0. The minimum absolute atomic E-state index is 0.355. The zero-order valence-corrected chi connectivity index (χ0v) is 29.4. The second-order valence-corrected chi connectivity index (χ2v) is 14.3. The number of unbranched alkanes of at least 4 members (excludes halogenated alkanes) is 5. The van der Waals surface area contributed by atoms with Gasteiger partial charge in [-0.2, -0.15) is 0 Å². The lowest BCUT2D eigenvalue weighted by molar-refractivity contribution is -0.387. The molecule has 3 heterocycles. The van der Waals surface area contributed by atoms with E-state index in [1.165, 1.54) is 64.2 Å². The van der Waals surface area contributed by atoms with Crippen molar-refractivity contribution in [3.63, 3.8) is 0 Å². The lowest BCUT2D eigenvalue weighted by Gasteiger charge is -2.43. The normalized spacial score (nSPS) is 29.6. The average molecular weight is 651 g/mol. The minimum atomic E-state index is -1.85. The maximum atomic E-state index is 14.2. The SMILES string of the molecule is CCCCCCCC[C@H]1CCC[C@@H]1CC=CCC(OC1CCCCO1)C(OC1CCCCO1)(OC1CCCCO1)C(=O)OC(C)C. The molecule has 3 aliphatic heterocycles. The van der Waals surface area contributed by atoms with Crippen LogP contribution in [0.2, 0.25) is 0 Å². The Balaban J connectivity index is 1.51. The molecule has 0 aromatic rings. The molecule has 46 heavy (non-hydrogen) atoms. The van der Waals surface area contributed by atoms with Crippen LogP contribution in [0.1, 0.15) is 156 Å². The van der Waals surface area contributed by atoms with Crippen LogP contribution in [0.25, 0.3) is 0 Å². The van der Waals surface area contributed by atoms with E-state index < -0.39 is 36.7 Å². The van der Waals surface area contributed by atoms with E-state index in [9.17, 15) is 4.79 Å². The third-order valence-corrected chi connectivity index (χ3v) is 10.1. The maximum absolute atomic E-state index is 14.2. The number of carbonyl (C=O) groups is 1. The van der Waals surface area contributed by atoms with Crippen LogP contribution >= 0.6 is 0 Å².